The van der Waals surface area contributed by atoms with Crippen LogP contribution in [-0.4, -0.2) is 110 Å². The maximum atomic E-state index is 12.5. The van der Waals surface area contributed by atoms with Gasteiger partial charge in [0.25, 0.3) is 20.2 Å². The van der Waals surface area contributed by atoms with Crippen molar-refractivity contribution < 1.29 is 45.7 Å². The first kappa shape index (κ1) is 54.8. The number of hydrogen-bond acceptors (Lipinski definition) is 10. The Morgan fingerprint density at radius 3 is 1.24 bits per heavy atom. The predicted octanol–water partition coefficient (Wildman–Crippen LogP) is 7.00. The van der Waals surface area contributed by atoms with E-state index in [0.717, 1.165) is 77.3 Å². The lowest BCUT2D eigenvalue weighted by Gasteiger charge is -2.63. The summed E-state index contributed by atoms with van der Waals surface area (Å²) in [7, 11) is -8.20. The van der Waals surface area contributed by atoms with Gasteiger partial charge in [0.05, 0.1) is 23.7 Å². The number of fused-ring (bicyclic) bond motifs is 10. The van der Waals surface area contributed by atoms with Crippen molar-refractivity contribution in [1.29, 1.82) is 0 Å². The Balaban J connectivity index is 0.768. The summed E-state index contributed by atoms with van der Waals surface area (Å²) in [5, 5.41) is 37.3. The van der Waals surface area contributed by atoms with Gasteiger partial charge in [-0.1, -0.05) is 41.5 Å². The molecule has 0 aliphatic heterocycles. The normalized spacial score (nSPS) is 44.4. The highest BCUT2D eigenvalue weighted by Crippen LogP contribution is 2.70. The number of carbonyl (C=O) groups excluding carboxylic acids is 2. The predicted molar refractivity (Wildman–Crippen MR) is 272 cm³/mol. The van der Waals surface area contributed by atoms with Gasteiger partial charge in [0, 0.05) is 51.1 Å². The van der Waals surface area contributed by atoms with E-state index in [9.17, 15) is 36.6 Å². The molecule has 70 heavy (non-hydrogen) atoms. The molecule has 2 amide bonds. The molecule has 0 spiro atoms. The van der Waals surface area contributed by atoms with Gasteiger partial charge >= 0.3 is 0 Å². The van der Waals surface area contributed by atoms with Crippen LogP contribution in [0.2, 0.25) is 0 Å². The van der Waals surface area contributed by atoms with Crippen LogP contribution < -0.4 is 21.3 Å². The number of nitrogens with one attached hydrogen (secondary N) is 4. The Bertz CT molecular complexity index is 1940. The Kier molecular flexibility index (Phi) is 16.7. The van der Waals surface area contributed by atoms with E-state index in [2.05, 4.69) is 62.8 Å². The molecule has 8 N–H and O–H groups in total. The summed E-state index contributed by atoms with van der Waals surface area (Å²) >= 11 is 0. The van der Waals surface area contributed by atoms with E-state index in [-0.39, 0.29) is 58.8 Å². The van der Waals surface area contributed by atoms with E-state index in [1.165, 1.54) is 51.4 Å². The van der Waals surface area contributed by atoms with Crippen LogP contribution in [0.3, 0.4) is 0 Å². The molecule has 0 aromatic carbocycles. The third-order valence-corrected chi connectivity index (χ3v) is 24.3. The SMILES string of the molecule is C[C@H](CCC(=O)NCCS(=O)(=O)O)[C@H]1CC[C@H]2C3[C@@H](O)CC4CC(NCCNC5CC[C@@]6(C)C(C5)C[C@H](O)[C@H]5[C@@H]7CC[C@H]([C@H](C)CCC(=O)NCCS(=O)(=O)O)[C@@]7(C)CC[C@@H]56)CC[C@]4(C)[C@H]3CC[C@]12C. The standard InChI is InChI=1S/C54H94N4O10S2/c1-33(7-13-47(61)57-25-27-69(63,64)65)39-9-11-41-49-43(17-21-53(39,41)5)51(3)19-15-37(29-35(51)31-45(49)59)55-23-24-56-38-16-20-52(4)36(30-38)32-46(60)50-42-12-10-40(54(42,6)22-18-44(50)52)34(2)8-14-48(62)58-26-28-70(66,67)68/h33-46,49-50,55-56,59-60H,7-32H2,1-6H3,(H,57,61)(H,58,62)(H,63,64,65)(H,66,67,68)/t33-,34-,35?,36?,37?,38?,39-,40-,41+,42+,43+,44+,45+,46+,49+,50?,51+,52+,53-,54-/m1/s1. The fourth-order valence-electron chi connectivity index (χ4n) is 19.3. The minimum Gasteiger partial charge on any atom is -0.393 e. The van der Waals surface area contributed by atoms with Gasteiger partial charge in [-0.05, 0) is 208 Å². The molecule has 16 heteroatoms. The largest absolute Gasteiger partial charge is 0.393 e. The van der Waals surface area contributed by atoms with Crippen LogP contribution in [0.1, 0.15) is 170 Å². The van der Waals surface area contributed by atoms with Crippen molar-refractivity contribution in [3.63, 3.8) is 0 Å². The third kappa shape index (κ3) is 11.3. The van der Waals surface area contributed by atoms with Gasteiger partial charge in [-0.25, -0.2) is 0 Å². The van der Waals surface area contributed by atoms with Crippen molar-refractivity contribution >= 4 is 32.1 Å². The molecule has 0 radical (unpaired) electrons. The van der Waals surface area contributed by atoms with Crippen LogP contribution in [-0.2, 0) is 29.8 Å². The van der Waals surface area contributed by atoms with E-state index >= 15 is 0 Å². The number of rotatable bonds is 19. The molecule has 5 unspecified atom stereocenters. The fraction of sp³-hybridized carbons (Fsp3) is 0.963. The lowest BCUT2D eigenvalue weighted by molar-refractivity contribution is -0.167. The molecule has 14 nitrogen and oxygen atoms in total. The van der Waals surface area contributed by atoms with Gasteiger partial charge in [0.15, 0.2) is 0 Å². The lowest BCUT2D eigenvalue weighted by atomic mass is 9.43. The smallest absolute Gasteiger partial charge is 0.266 e. The second-order valence-corrected chi connectivity index (χ2v) is 29.3. The first-order valence-electron chi connectivity index (χ1n) is 28.1. The molecule has 20 atom stereocenters. The number of aliphatic hydroxyl groups is 2. The number of hydrogen-bond donors (Lipinski definition) is 8. The molecule has 8 fully saturated rings. The lowest BCUT2D eigenvalue weighted by Crippen LogP contribution is -2.60. The summed E-state index contributed by atoms with van der Waals surface area (Å²) in [5.74, 6) is 4.23. The summed E-state index contributed by atoms with van der Waals surface area (Å²) in [6.45, 7) is 16.4. The Labute approximate surface area is 421 Å². The molecular formula is C54H94N4O10S2. The summed E-state index contributed by atoms with van der Waals surface area (Å²) in [4.78, 5) is 25.0. The van der Waals surface area contributed by atoms with Gasteiger partial charge in [0.2, 0.25) is 11.8 Å². The van der Waals surface area contributed by atoms with E-state index in [4.69, 9.17) is 9.11 Å². The molecule has 8 aliphatic carbocycles. The first-order valence-corrected chi connectivity index (χ1v) is 31.3. The summed E-state index contributed by atoms with van der Waals surface area (Å²) in [6, 6.07) is 0.944. The van der Waals surface area contributed by atoms with Crippen molar-refractivity contribution in [2.24, 2.45) is 92.7 Å². The minimum absolute atomic E-state index is 0.0748. The molecule has 8 saturated carbocycles. The Hall–Kier alpha value is -1.40. The Morgan fingerprint density at radius 1 is 0.514 bits per heavy atom. The average Bonchev–Trinajstić information content (AvgIpc) is 3.83. The van der Waals surface area contributed by atoms with Crippen molar-refractivity contribution in [2.45, 2.75) is 194 Å². The summed E-state index contributed by atoms with van der Waals surface area (Å²) in [6.07, 6.45) is 19.8. The van der Waals surface area contributed by atoms with Crippen molar-refractivity contribution in [3.05, 3.63) is 0 Å². The molecule has 0 saturated heterocycles. The maximum absolute atomic E-state index is 12.5. The van der Waals surface area contributed by atoms with Gasteiger partial charge < -0.3 is 31.5 Å². The van der Waals surface area contributed by atoms with Crippen LogP contribution in [0.5, 0.6) is 0 Å². The van der Waals surface area contributed by atoms with E-state index in [1.807, 2.05) is 0 Å². The third-order valence-electron chi connectivity index (χ3n) is 22.9. The number of carbonyl (C=O) groups is 2. The van der Waals surface area contributed by atoms with Gasteiger partial charge in [0.1, 0.15) is 0 Å². The van der Waals surface area contributed by atoms with Crippen LogP contribution in [0.25, 0.3) is 0 Å². The highest BCUT2D eigenvalue weighted by molar-refractivity contribution is 7.86. The number of aliphatic hydroxyl groups excluding tert-OH is 2. The van der Waals surface area contributed by atoms with Crippen LogP contribution in [0, 0.1) is 92.7 Å². The fourth-order valence-corrected chi connectivity index (χ4v) is 20.0. The van der Waals surface area contributed by atoms with E-state index < -0.39 is 31.7 Å². The minimum atomic E-state index is -4.10. The van der Waals surface area contributed by atoms with E-state index in [0.29, 0.717) is 95.9 Å². The van der Waals surface area contributed by atoms with Crippen LogP contribution in [0.4, 0.5) is 0 Å². The average molecular weight is 1020 g/mol. The highest BCUT2D eigenvalue weighted by atomic mass is 32.2. The second kappa shape index (κ2) is 21.3. The highest BCUT2D eigenvalue weighted by Gasteiger charge is 2.65. The van der Waals surface area contributed by atoms with Gasteiger partial charge in [-0.3, -0.25) is 18.7 Å². The monoisotopic (exact) mass is 1020 g/mol. The quantitative estimate of drug-likeness (QED) is 0.0483. The topological polar surface area (TPSA) is 231 Å². The molecule has 8 rings (SSSR count). The van der Waals surface area contributed by atoms with Crippen molar-refractivity contribution in [2.75, 3.05) is 37.7 Å². The molecule has 0 heterocycles. The molecular weight excluding hydrogens is 929 g/mol. The van der Waals surface area contributed by atoms with Crippen molar-refractivity contribution in [1.82, 2.24) is 21.3 Å². The number of amides is 2. The Morgan fingerprint density at radius 2 is 0.871 bits per heavy atom. The zero-order valence-corrected chi connectivity index (χ0v) is 45.3. The van der Waals surface area contributed by atoms with Crippen LogP contribution >= 0.6 is 0 Å². The first-order chi connectivity index (χ1) is 32.9. The summed E-state index contributed by atoms with van der Waals surface area (Å²) in [5.41, 5.74) is 0.796. The van der Waals surface area contributed by atoms with Gasteiger partial charge in [-0.2, -0.15) is 16.8 Å². The molecule has 0 aromatic rings. The molecule has 0 bridgehead atoms. The maximum Gasteiger partial charge on any atom is 0.266 e. The zero-order valence-electron chi connectivity index (χ0n) is 43.7. The van der Waals surface area contributed by atoms with E-state index in [1.54, 1.807) is 0 Å². The summed E-state index contributed by atoms with van der Waals surface area (Å²) < 4.78 is 62.3. The molecule has 0 aromatic heterocycles. The van der Waals surface area contributed by atoms with Crippen LogP contribution in [0.15, 0.2) is 0 Å². The van der Waals surface area contributed by atoms with Crippen molar-refractivity contribution in [3.8, 4) is 0 Å². The molecule has 8 aliphatic rings. The van der Waals surface area contributed by atoms with Gasteiger partial charge in [-0.15, -0.1) is 0 Å². The second-order valence-electron chi connectivity index (χ2n) is 26.2. The zero-order chi connectivity index (χ0) is 50.6. The molecule has 402 valence electrons.